The third kappa shape index (κ3) is 5.33. The number of aromatic nitrogens is 5. The average Bonchev–Trinajstić information content (AvgIpc) is 3.29. The van der Waals surface area contributed by atoms with Crippen molar-refractivity contribution in [1.29, 1.82) is 0 Å². The molecule has 0 aliphatic heterocycles. The molecule has 0 bridgehead atoms. The topological polar surface area (TPSA) is 92.6 Å². The molecule has 35 heavy (non-hydrogen) atoms. The van der Waals surface area contributed by atoms with E-state index < -0.39 is 0 Å². The van der Waals surface area contributed by atoms with Crippen molar-refractivity contribution in [2.24, 2.45) is 0 Å². The molecule has 2 heterocycles. The van der Waals surface area contributed by atoms with Gasteiger partial charge in [0.05, 0.1) is 6.54 Å². The number of nitrogens with zero attached hydrogens (tertiary/aromatic N) is 5. The summed E-state index contributed by atoms with van der Waals surface area (Å²) in [5, 5.41) is 15.2. The van der Waals surface area contributed by atoms with Gasteiger partial charge in [0.2, 0.25) is 0 Å². The van der Waals surface area contributed by atoms with E-state index in [9.17, 15) is 0 Å². The first-order valence-electron chi connectivity index (χ1n) is 11.3. The van der Waals surface area contributed by atoms with Crippen molar-refractivity contribution in [3.63, 3.8) is 0 Å². The maximum atomic E-state index is 5.54. The molecular weight excluding hydrogens is 476 g/mol. The van der Waals surface area contributed by atoms with Gasteiger partial charge in [0.25, 0.3) is 0 Å². The summed E-state index contributed by atoms with van der Waals surface area (Å²) in [7, 11) is 0. The number of nitrogens with one attached hydrogen (secondary N) is 3. The lowest BCUT2D eigenvalue weighted by Crippen LogP contribution is -2.34. The number of fused-ring (bicyclic) bond motifs is 2. The molecule has 0 radical (unpaired) electrons. The number of thioether (sulfide) groups is 1. The molecule has 0 aliphatic rings. The van der Waals surface area contributed by atoms with Gasteiger partial charge in [0.15, 0.2) is 27.3 Å². The number of anilines is 2. The summed E-state index contributed by atoms with van der Waals surface area (Å²) in [4.78, 5) is 9.39. The zero-order valence-electron chi connectivity index (χ0n) is 19.1. The van der Waals surface area contributed by atoms with Crippen LogP contribution in [0.2, 0.25) is 0 Å². The van der Waals surface area contributed by atoms with Crippen molar-refractivity contribution in [2.75, 3.05) is 16.5 Å². The predicted octanol–water partition coefficient (Wildman–Crippen LogP) is 5.24. The zero-order valence-corrected chi connectivity index (χ0v) is 20.7. The second-order valence-electron chi connectivity index (χ2n) is 7.84. The van der Waals surface area contributed by atoms with Crippen LogP contribution in [-0.4, -0.2) is 35.8 Å². The van der Waals surface area contributed by atoms with Crippen LogP contribution in [0.3, 0.4) is 0 Å². The first kappa shape index (κ1) is 23.0. The first-order chi connectivity index (χ1) is 17.2. The van der Waals surface area contributed by atoms with Crippen molar-refractivity contribution >= 4 is 62.5 Å². The van der Waals surface area contributed by atoms with E-state index in [1.54, 1.807) is 16.4 Å². The Morgan fingerprint density at radius 1 is 0.971 bits per heavy atom. The molecule has 0 saturated carbocycles. The van der Waals surface area contributed by atoms with Gasteiger partial charge in [0.1, 0.15) is 0 Å². The van der Waals surface area contributed by atoms with E-state index in [2.05, 4.69) is 68.7 Å². The summed E-state index contributed by atoms with van der Waals surface area (Å²) in [6.07, 6.45) is 1.02. The minimum absolute atomic E-state index is 0.410. The monoisotopic (exact) mass is 500 g/mol. The summed E-state index contributed by atoms with van der Waals surface area (Å²) >= 11 is 7.14. The highest BCUT2D eigenvalue weighted by molar-refractivity contribution is 7.99. The van der Waals surface area contributed by atoms with Crippen LogP contribution in [0.4, 0.5) is 11.5 Å². The smallest absolute Gasteiger partial charge is 0.191 e. The van der Waals surface area contributed by atoms with Crippen LogP contribution in [0, 0.1) is 0 Å². The van der Waals surface area contributed by atoms with Crippen LogP contribution >= 0.6 is 24.0 Å². The minimum Gasteiger partial charge on any atom is -0.331 e. The molecule has 0 unspecified atom stereocenters. The van der Waals surface area contributed by atoms with Crippen molar-refractivity contribution in [3.8, 4) is 0 Å². The van der Waals surface area contributed by atoms with Gasteiger partial charge in [-0.25, -0.2) is 14.6 Å². The predicted molar refractivity (Wildman–Crippen MR) is 147 cm³/mol. The van der Waals surface area contributed by atoms with Gasteiger partial charge in [-0.3, -0.25) is 10.9 Å². The quantitative estimate of drug-likeness (QED) is 0.114. The summed E-state index contributed by atoms with van der Waals surface area (Å²) < 4.78 is 1.79. The molecule has 3 N–H and O–H groups in total. The van der Waals surface area contributed by atoms with E-state index in [0.717, 1.165) is 34.2 Å². The SMILES string of the molecule is CCCSc1nc(NNC(=S)Nc2cccc3ccccc23)c2nnn(Cc3ccccc3)c2n1. The van der Waals surface area contributed by atoms with E-state index in [-0.39, 0.29) is 0 Å². The molecular formula is C25H24N8S2. The van der Waals surface area contributed by atoms with E-state index in [1.165, 1.54) is 0 Å². The van der Waals surface area contributed by atoms with Gasteiger partial charge < -0.3 is 5.32 Å². The van der Waals surface area contributed by atoms with Crippen LogP contribution in [0.5, 0.6) is 0 Å². The normalized spacial score (nSPS) is 11.0. The fraction of sp³-hybridized carbons (Fsp3) is 0.160. The Hall–Kier alpha value is -3.76. The van der Waals surface area contributed by atoms with Gasteiger partial charge in [-0.05, 0) is 35.7 Å². The van der Waals surface area contributed by atoms with E-state index in [0.29, 0.717) is 33.8 Å². The maximum Gasteiger partial charge on any atom is 0.191 e. The number of hydrazine groups is 1. The lowest BCUT2D eigenvalue weighted by Gasteiger charge is -2.14. The summed E-state index contributed by atoms with van der Waals surface area (Å²) in [6, 6.07) is 24.3. The van der Waals surface area contributed by atoms with Crippen LogP contribution in [0.15, 0.2) is 78.0 Å². The number of thiocarbonyl (C=S) groups is 1. The Kier molecular flexibility index (Phi) is 7.01. The Bertz CT molecular complexity index is 1460. The molecule has 5 aromatic rings. The molecule has 0 fully saturated rings. The second kappa shape index (κ2) is 10.7. The van der Waals surface area contributed by atoms with Gasteiger partial charge >= 0.3 is 0 Å². The van der Waals surface area contributed by atoms with E-state index >= 15 is 0 Å². The Morgan fingerprint density at radius 3 is 2.63 bits per heavy atom. The summed E-state index contributed by atoms with van der Waals surface area (Å²) in [5.74, 6) is 1.44. The highest BCUT2D eigenvalue weighted by Crippen LogP contribution is 2.24. The minimum atomic E-state index is 0.410. The lowest BCUT2D eigenvalue weighted by molar-refractivity contribution is 0.661. The third-order valence-corrected chi connectivity index (χ3v) is 6.54. The zero-order chi connectivity index (χ0) is 24.0. The van der Waals surface area contributed by atoms with Crippen LogP contribution < -0.4 is 16.2 Å². The molecule has 0 amide bonds. The van der Waals surface area contributed by atoms with Crippen molar-refractivity contribution in [3.05, 3.63) is 78.4 Å². The second-order valence-corrected chi connectivity index (χ2v) is 9.31. The van der Waals surface area contributed by atoms with Crippen LogP contribution in [0.25, 0.3) is 21.9 Å². The van der Waals surface area contributed by atoms with Crippen molar-refractivity contribution < 1.29 is 0 Å². The first-order valence-corrected chi connectivity index (χ1v) is 12.7. The molecule has 0 saturated heterocycles. The largest absolute Gasteiger partial charge is 0.331 e. The van der Waals surface area contributed by atoms with E-state index in [1.807, 2.05) is 42.5 Å². The Labute approximate surface area is 212 Å². The van der Waals surface area contributed by atoms with Gasteiger partial charge in [-0.2, -0.15) is 0 Å². The van der Waals surface area contributed by atoms with Crippen LogP contribution in [0.1, 0.15) is 18.9 Å². The average molecular weight is 501 g/mol. The van der Waals surface area contributed by atoms with Gasteiger partial charge in [0, 0.05) is 16.8 Å². The highest BCUT2D eigenvalue weighted by atomic mass is 32.2. The number of rotatable bonds is 8. The molecule has 10 heteroatoms. The molecule has 0 spiro atoms. The molecule has 176 valence electrons. The Balaban J connectivity index is 1.38. The molecule has 0 atom stereocenters. The number of hydrogen-bond acceptors (Lipinski definition) is 7. The molecule has 5 rings (SSSR count). The molecule has 0 aliphatic carbocycles. The molecule has 8 nitrogen and oxygen atoms in total. The number of benzene rings is 3. The molecule has 3 aromatic carbocycles. The van der Waals surface area contributed by atoms with Crippen molar-refractivity contribution in [2.45, 2.75) is 25.0 Å². The third-order valence-electron chi connectivity index (χ3n) is 5.28. The lowest BCUT2D eigenvalue weighted by atomic mass is 10.1. The summed E-state index contributed by atoms with van der Waals surface area (Å²) in [5.41, 5.74) is 9.43. The fourth-order valence-electron chi connectivity index (χ4n) is 3.65. The highest BCUT2D eigenvalue weighted by Gasteiger charge is 2.16. The number of hydrogen-bond donors (Lipinski definition) is 3. The van der Waals surface area contributed by atoms with E-state index in [4.69, 9.17) is 17.2 Å². The van der Waals surface area contributed by atoms with Crippen molar-refractivity contribution in [1.82, 2.24) is 30.4 Å². The maximum absolute atomic E-state index is 5.54. The fourth-order valence-corrected chi connectivity index (χ4v) is 4.50. The van der Waals surface area contributed by atoms with Crippen LogP contribution in [-0.2, 0) is 6.54 Å². The molecule has 2 aromatic heterocycles. The standard InChI is InChI=1S/C25H24N8S2/c1-2-15-35-25-27-22(21-23(28-25)33(32-29-21)16-17-9-4-3-5-10-17)30-31-24(34)26-20-14-8-12-18-11-6-7-13-19(18)20/h3-14H,2,15-16H2,1H3,(H2,26,31,34)(H,27,28,30). The Morgan fingerprint density at radius 2 is 1.77 bits per heavy atom. The van der Waals surface area contributed by atoms with Gasteiger partial charge in [-0.1, -0.05) is 90.6 Å². The summed E-state index contributed by atoms with van der Waals surface area (Å²) in [6.45, 7) is 2.70. The van der Waals surface area contributed by atoms with Gasteiger partial charge in [-0.15, -0.1) is 5.10 Å².